The zero-order chi connectivity index (χ0) is 22.2. The fourth-order valence-corrected chi connectivity index (χ4v) is 4.46. The number of carbonyl (C=O) groups is 1. The molecule has 0 amide bonds. The van der Waals surface area contributed by atoms with Crippen LogP contribution in [0, 0.1) is 12.8 Å². The Kier molecular flexibility index (Phi) is 10.1. The van der Waals surface area contributed by atoms with Gasteiger partial charge in [0.05, 0.1) is 10.7 Å². The molecule has 0 aliphatic heterocycles. The lowest BCUT2D eigenvalue weighted by molar-refractivity contribution is -0.110. The van der Waals surface area contributed by atoms with Crippen LogP contribution in [0.5, 0.6) is 0 Å². The third kappa shape index (κ3) is 9.05. The summed E-state index contributed by atoms with van der Waals surface area (Å²) in [5.41, 5.74) is 1.86. The molecule has 0 saturated carbocycles. The van der Waals surface area contributed by atoms with Crippen molar-refractivity contribution in [3.05, 3.63) is 33.6 Å². The normalized spacial score (nSPS) is 16.0. The van der Waals surface area contributed by atoms with E-state index in [2.05, 4.69) is 51.8 Å². The zero-order valence-electron chi connectivity index (χ0n) is 19.3. The molecule has 0 fully saturated rings. The van der Waals surface area contributed by atoms with Crippen LogP contribution in [-0.2, 0) is 9.22 Å². The summed E-state index contributed by atoms with van der Waals surface area (Å²) in [6.07, 6.45) is 7.28. The zero-order valence-corrected chi connectivity index (χ0v) is 21.2. The second kappa shape index (κ2) is 11.3. The van der Waals surface area contributed by atoms with Gasteiger partial charge in [0.25, 0.3) is 0 Å². The van der Waals surface area contributed by atoms with Gasteiger partial charge in [-0.15, -0.1) is 11.3 Å². The fraction of sp³-hybridized carbons (Fsp3) is 0.652. The van der Waals surface area contributed by atoms with E-state index in [1.165, 1.54) is 23.0 Å². The van der Waals surface area contributed by atoms with Crippen LogP contribution in [0.2, 0.25) is 18.1 Å². The van der Waals surface area contributed by atoms with E-state index < -0.39 is 14.4 Å². The van der Waals surface area contributed by atoms with Gasteiger partial charge >= 0.3 is 0 Å². The molecule has 0 aliphatic rings. The molecule has 0 saturated heterocycles. The molecule has 0 bridgehead atoms. The SMILES string of the molecule is CC(=CCC(O[Si](C)(C)C(C)(C)C)C(F)=Cc1csc(C)n1)CCCC(C)C=O. The lowest BCUT2D eigenvalue weighted by Crippen LogP contribution is -2.44. The van der Waals surface area contributed by atoms with Crippen molar-refractivity contribution in [2.75, 3.05) is 0 Å². The molecule has 1 heterocycles. The van der Waals surface area contributed by atoms with Crippen molar-refractivity contribution < 1.29 is 13.6 Å². The predicted octanol–water partition coefficient (Wildman–Crippen LogP) is 7.49. The van der Waals surface area contributed by atoms with Crippen molar-refractivity contribution >= 4 is 32.0 Å². The van der Waals surface area contributed by atoms with Crippen LogP contribution in [0.15, 0.2) is 22.9 Å². The van der Waals surface area contributed by atoms with Gasteiger partial charge in [-0.3, -0.25) is 0 Å². The average molecular weight is 440 g/mol. The van der Waals surface area contributed by atoms with Gasteiger partial charge in [-0.2, -0.15) is 0 Å². The molecule has 0 aliphatic carbocycles. The average Bonchev–Trinajstić information content (AvgIpc) is 3.01. The van der Waals surface area contributed by atoms with E-state index in [0.29, 0.717) is 12.1 Å². The van der Waals surface area contributed by atoms with Gasteiger partial charge in [-0.1, -0.05) is 39.3 Å². The summed E-state index contributed by atoms with van der Waals surface area (Å²) >= 11 is 1.52. The smallest absolute Gasteiger partial charge is 0.193 e. The fourth-order valence-electron chi connectivity index (χ4n) is 2.61. The number of hydrogen-bond acceptors (Lipinski definition) is 4. The highest BCUT2D eigenvalue weighted by molar-refractivity contribution is 7.09. The molecule has 1 aromatic rings. The first-order chi connectivity index (χ1) is 13.4. The Balaban J connectivity index is 2.94. The van der Waals surface area contributed by atoms with Crippen molar-refractivity contribution in [3.63, 3.8) is 0 Å². The minimum absolute atomic E-state index is 0.00643. The Morgan fingerprint density at radius 2 is 2.03 bits per heavy atom. The number of hydrogen-bond donors (Lipinski definition) is 0. The van der Waals surface area contributed by atoms with E-state index in [9.17, 15) is 4.79 Å². The predicted molar refractivity (Wildman–Crippen MR) is 125 cm³/mol. The first-order valence-electron chi connectivity index (χ1n) is 10.4. The van der Waals surface area contributed by atoms with Gasteiger partial charge in [-0.05, 0) is 63.7 Å². The molecule has 1 rings (SSSR count). The molecule has 0 radical (unpaired) electrons. The van der Waals surface area contributed by atoms with E-state index in [1.54, 1.807) is 0 Å². The van der Waals surface area contributed by atoms with E-state index in [4.69, 9.17) is 4.43 Å². The van der Waals surface area contributed by atoms with Crippen LogP contribution in [0.1, 0.15) is 71.0 Å². The minimum Gasteiger partial charge on any atom is -0.407 e. The van der Waals surface area contributed by atoms with Gasteiger partial charge in [-0.25, -0.2) is 9.37 Å². The highest BCUT2D eigenvalue weighted by Gasteiger charge is 2.39. The van der Waals surface area contributed by atoms with Gasteiger partial charge < -0.3 is 9.22 Å². The number of aldehydes is 1. The Morgan fingerprint density at radius 3 is 2.55 bits per heavy atom. The van der Waals surface area contributed by atoms with Crippen LogP contribution < -0.4 is 0 Å². The number of aryl methyl sites for hydroxylation is 1. The quantitative estimate of drug-likeness (QED) is 0.204. The Hall–Kier alpha value is -1.11. The lowest BCUT2D eigenvalue weighted by Gasteiger charge is -2.38. The molecule has 0 N–H and O–H groups in total. The third-order valence-corrected chi connectivity index (χ3v) is 10.9. The number of aromatic nitrogens is 1. The largest absolute Gasteiger partial charge is 0.407 e. The lowest BCUT2D eigenvalue weighted by atomic mass is 10.0. The molecular formula is C23H38FNO2SSi. The molecule has 164 valence electrons. The first-order valence-corrected chi connectivity index (χ1v) is 14.2. The summed E-state index contributed by atoms with van der Waals surface area (Å²) < 4.78 is 21.6. The van der Waals surface area contributed by atoms with Crippen molar-refractivity contribution in [3.8, 4) is 0 Å². The van der Waals surface area contributed by atoms with E-state index in [1.807, 2.05) is 19.2 Å². The molecule has 1 aromatic heterocycles. The highest BCUT2D eigenvalue weighted by atomic mass is 32.1. The summed E-state index contributed by atoms with van der Waals surface area (Å²) in [4.78, 5) is 15.1. The van der Waals surface area contributed by atoms with Gasteiger partial charge in [0.2, 0.25) is 0 Å². The number of halogens is 1. The number of rotatable bonds is 11. The first kappa shape index (κ1) is 25.9. The molecule has 6 heteroatoms. The summed E-state index contributed by atoms with van der Waals surface area (Å²) in [6.45, 7) is 16.7. The van der Waals surface area contributed by atoms with Gasteiger partial charge in [0.15, 0.2) is 8.32 Å². The Bertz CT molecular complexity index is 719. The second-order valence-corrected chi connectivity index (χ2v) is 15.3. The molecule has 0 spiro atoms. The van der Waals surface area contributed by atoms with Crippen LogP contribution in [-0.4, -0.2) is 25.7 Å². The molecule has 0 aromatic carbocycles. The molecule has 29 heavy (non-hydrogen) atoms. The minimum atomic E-state index is -2.13. The summed E-state index contributed by atoms with van der Waals surface area (Å²) in [7, 11) is -2.13. The van der Waals surface area contributed by atoms with Gasteiger partial charge in [0.1, 0.15) is 18.2 Å². The van der Waals surface area contributed by atoms with E-state index in [0.717, 1.165) is 30.6 Å². The molecule has 3 nitrogen and oxygen atoms in total. The summed E-state index contributed by atoms with van der Waals surface area (Å²) in [5.74, 6) is -0.168. The summed E-state index contributed by atoms with van der Waals surface area (Å²) in [5, 5.41) is 2.80. The number of allylic oxidation sites excluding steroid dienone is 1. The van der Waals surface area contributed by atoms with Crippen LogP contribution in [0.25, 0.3) is 6.08 Å². The van der Waals surface area contributed by atoms with Crippen LogP contribution >= 0.6 is 11.3 Å². The Labute approximate surface area is 181 Å². The number of carbonyl (C=O) groups excluding carboxylic acids is 1. The van der Waals surface area contributed by atoms with Crippen molar-refractivity contribution in [2.45, 2.75) is 91.5 Å². The maximum Gasteiger partial charge on any atom is 0.193 e. The van der Waals surface area contributed by atoms with E-state index in [-0.39, 0.29) is 16.8 Å². The van der Waals surface area contributed by atoms with Gasteiger partial charge in [0, 0.05) is 11.3 Å². The van der Waals surface area contributed by atoms with Crippen molar-refractivity contribution in [1.29, 1.82) is 0 Å². The second-order valence-electron chi connectivity index (χ2n) is 9.48. The topological polar surface area (TPSA) is 39.2 Å². The third-order valence-electron chi connectivity index (χ3n) is 5.62. The van der Waals surface area contributed by atoms with E-state index >= 15 is 4.39 Å². The van der Waals surface area contributed by atoms with Crippen molar-refractivity contribution in [2.24, 2.45) is 5.92 Å². The van der Waals surface area contributed by atoms with Crippen LogP contribution in [0.3, 0.4) is 0 Å². The van der Waals surface area contributed by atoms with Crippen LogP contribution in [0.4, 0.5) is 4.39 Å². The highest BCUT2D eigenvalue weighted by Crippen LogP contribution is 2.39. The maximum absolute atomic E-state index is 15.2. The maximum atomic E-state index is 15.2. The van der Waals surface area contributed by atoms with Crippen molar-refractivity contribution in [1.82, 2.24) is 4.98 Å². The summed E-state index contributed by atoms with van der Waals surface area (Å²) in [6, 6.07) is 0. The Morgan fingerprint density at radius 1 is 1.38 bits per heavy atom. The molecule has 2 atom stereocenters. The number of thiazole rings is 1. The standard InChI is InChI=1S/C23H38FNO2SSi/c1-17(10-9-11-18(2)15-26)12-13-22(27-29(7,8)23(4,5)6)21(24)14-20-16-28-19(3)25-20/h12,14-16,18,22H,9-11,13H2,1-8H3. The number of nitrogens with zero attached hydrogens (tertiary/aromatic N) is 1. The molecule has 2 unspecified atom stereocenters. The molecular weight excluding hydrogens is 401 g/mol. The monoisotopic (exact) mass is 439 g/mol.